The Morgan fingerprint density at radius 3 is 2.08 bits per heavy atom. The second-order valence-corrected chi connectivity index (χ2v) is 12.5. The van der Waals surface area contributed by atoms with Crippen molar-refractivity contribution < 1.29 is 32.3 Å². The number of hydrogen-bond acceptors (Lipinski definition) is 8. The summed E-state index contributed by atoms with van der Waals surface area (Å²) in [5.74, 6) is 0.0649. The Morgan fingerprint density at radius 2 is 1.48 bits per heavy atom. The fourth-order valence-electron chi connectivity index (χ4n) is 6.48. The molecular weight excluding hydrogens is 655 g/mol. The van der Waals surface area contributed by atoms with Crippen LogP contribution in [0.4, 0.5) is 18.0 Å². The topological polar surface area (TPSA) is 162 Å². The van der Waals surface area contributed by atoms with Crippen LogP contribution in [0.2, 0.25) is 0 Å². The molecule has 16 heteroatoms. The van der Waals surface area contributed by atoms with E-state index in [0.29, 0.717) is 60.8 Å². The van der Waals surface area contributed by atoms with Crippen molar-refractivity contribution in [1.82, 2.24) is 45.0 Å². The van der Waals surface area contributed by atoms with Gasteiger partial charge >= 0.3 is 12.3 Å². The highest BCUT2D eigenvalue weighted by Crippen LogP contribution is 2.40. The van der Waals surface area contributed by atoms with Crippen molar-refractivity contribution >= 4 is 17.9 Å². The number of aromatic nitrogens is 6. The van der Waals surface area contributed by atoms with Crippen molar-refractivity contribution in [3.63, 3.8) is 0 Å². The van der Waals surface area contributed by atoms with Crippen LogP contribution in [0.5, 0.6) is 0 Å². The number of nitrogens with zero attached hydrogens (tertiary/aromatic N) is 6. The van der Waals surface area contributed by atoms with Crippen molar-refractivity contribution in [2.24, 2.45) is 5.92 Å². The first kappa shape index (κ1) is 34.6. The van der Waals surface area contributed by atoms with Crippen LogP contribution in [0.15, 0.2) is 42.9 Å². The van der Waals surface area contributed by atoms with E-state index in [4.69, 9.17) is 0 Å². The summed E-state index contributed by atoms with van der Waals surface area (Å²) in [6, 6.07) is 4.72. The number of aromatic amines is 2. The van der Waals surface area contributed by atoms with E-state index in [1.54, 1.807) is 66.5 Å². The first-order chi connectivity index (χ1) is 23.8. The van der Waals surface area contributed by atoms with E-state index in [0.717, 1.165) is 6.42 Å². The Labute approximate surface area is 286 Å². The number of carbonyl (C=O) groups is 3. The fourth-order valence-corrected chi connectivity index (χ4v) is 6.48. The van der Waals surface area contributed by atoms with Crippen LogP contribution in [0.3, 0.4) is 0 Å². The molecule has 2 fully saturated rings. The number of H-pyrrole nitrogens is 2. The number of benzene rings is 1. The van der Waals surface area contributed by atoms with Crippen LogP contribution >= 0.6 is 0 Å². The zero-order valence-electron chi connectivity index (χ0n) is 27.8. The van der Waals surface area contributed by atoms with Gasteiger partial charge in [0, 0.05) is 48.1 Å². The van der Waals surface area contributed by atoms with Crippen LogP contribution in [-0.4, -0.2) is 83.9 Å². The van der Waals surface area contributed by atoms with Crippen molar-refractivity contribution in [2.75, 3.05) is 20.2 Å². The summed E-state index contributed by atoms with van der Waals surface area (Å²) in [4.78, 5) is 64.0. The molecule has 50 heavy (non-hydrogen) atoms. The van der Waals surface area contributed by atoms with Crippen LogP contribution in [0.1, 0.15) is 69.0 Å². The largest absolute Gasteiger partial charge is 0.453 e. The second kappa shape index (κ2) is 13.9. The molecule has 1 radical (unpaired) electrons. The molecular formula is C34H37F3N9O4. The molecule has 3 N–H and O–H groups in total. The zero-order chi connectivity index (χ0) is 35.7. The molecule has 3 aromatic heterocycles. The van der Waals surface area contributed by atoms with Crippen LogP contribution in [-0.2, 0) is 20.5 Å². The predicted octanol–water partition coefficient (Wildman–Crippen LogP) is 5.48. The number of methoxy groups -OCH3 is 1. The minimum atomic E-state index is -4.72. The molecule has 0 unspecified atom stereocenters. The van der Waals surface area contributed by atoms with Gasteiger partial charge in [0.2, 0.25) is 11.8 Å². The maximum Gasteiger partial charge on any atom is 0.435 e. The molecule has 1 aromatic carbocycles. The number of rotatable bonds is 8. The molecule has 4 aromatic rings. The van der Waals surface area contributed by atoms with E-state index in [1.807, 2.05) is 0 Å². The molecule has 0 bridgehead atoms. The van der Waals surface area contributed by atoms with Gasteiger partial charge in [0.15, 0.2) is 11.5 Å². The van der Waals surface area contributed by atoms with Gasteiger partial charge in [-0.1, -0.05) is 31.2 Å². The SMILES string of the molecule is [CH2][C@@H](C)C(=O)N1CCC[C@H]1c1nc(C(F)(F)F)c(-c2ccc(-c3ncc(-c4cnc([C@@H]5CCCN5C(=O)[C@H](C)NC(=O)OC)[nH]4)cn3)cc2)[nH]1. The summed E-state index contributed by atoms with van der Waals surface area (Å²) in [7, 11) is 1.23. The number of hydrogen-bond donors (Lipinski definition) is 3. The maximum absolute atomic E-state index is 14.1. The molecule has 13 nitrogen and oxygen atoms in total. The first-order valence-corrected chi connectivity index (χ1v) is 16.3. The Kier molecular flexibility index (Phi) is 9.62. The average molecular weight is 693 g/mol. The Bertz CT molecular complexity index is 1850. The monoisotopic (exact) mass is 692 g/mol. The summed E-state index contributed by atoms with van der Waals surface area (Å²) < 4.78 is 47.0. The molecule has 6 rings (SSSR count). The number of carbonyl (C=O) groups excluding carboxylic acids is 3. The third-order valence-electron chi connectivity index (χ3n) is 9.00. The minimum absolute atomic E-state index is 0.0983. The highest BCUT2D eigenvalue weighted by Gasteiger charge is 2.41. The van der Waals surface area contributed by atoms with Gasteiger partial charge in [0.05, 0.1) is 36.8 Å². The van der Waals surface area contributed by atoms with Gasteiger partial charge in [0.25, 0.3) is 0 Å². The maximum atomic E-state index is 14.1. The van der Waals surface area contributed by atoms with Crippen molar-refractivity contribution in [3.8, 4) is 33.9 Å². The van der Waals surface area contributed by atoms with Gasteiger partial charge in [-0.15, -0.1) is 0 Å². The lowest BCUT2D eigenvalue weighted by atomic mass is 10.1. The third kappa shape index (κ3) is 6.91. The van der Waals surface area contributed by atoms with Gasteiger partial charge in [-0.2, -0.15) is 13.2 Å². The Balaban J connectivity index is 1.17. The number of likely N-dealkylation sites (tertiary alicyclic amines) is 2. The van der Waals surface area contributed by atoms with Gasteiger partial charge in [0.1, 0.15) is 17.7 Å². The third-order valence-corrected chi connectivity index (χ3v) is 9.00. The number of ether oxygens (including phenoxy) is 1. The smallest absolute Gasteiger partial charge is 0.435 e. The van der Waals surface area contributed by atoms with E-state index in [2.05, 4.69) is 46.9 Å². The summed E-state index contributed by atoms with van der Waals surface area (Å²) in [6.45, 7) is 7.99. The summed E-state index contributed by atoms with van der Waals surface area (Å²) in [6.07, 6.45) is 2.10. The lowest BCUT2D eigenvalue weighted by Gasteiger charge is -2.26. The van der Waals surface area contributed by atoms with E-state index in [9.17, 15) is 27.6 Å². The van der Waals surface area contributed by atoms with E-state index in [-0.39, 0.29) is 34.9 Å². The Morgan fingerprint density at radius 1 is 0.880 bits per heavy atom. The standard InChI is InChI=1S/C34H37F3N9O4/c1-18(2)31(47)45-13-6-8-25(45)30-43-26(27(44-30)34(35,36)37)20-9-11-21(12-10-20)28-38-15-22(16-39-28)23-17-40-29(42-23)24-7-5-14-46(24)32(48)19(3)41-33(49)50-4/h9-12,15-19,24-25H,1,5-8,13-14H2,2-4H3,(H,40,42)(H,41,49)(H,43,44)/t18-,19-,24-,25-/m0/s1. The van der Waals surface area contributed by atoms with E-state index >= 15 is 0 Å². The molecule has 0 aliphatic carbocycles. The highest BCUT2D eigenvalue weighted by atomic mass is 19.4. The molecule has 0 saturated carbocycles. The number of nitrogens with one attached hydrogen (secondary N) is 3. The van der Waals surface area contributed by atoms with Crippen LogP contribution in [0, 0.1) is 12.8 Å². The van der Waals surface area contributed by atoms with Crippen LogP contribution in [0.25, 0.3) is 33.9 Å². The Hall–Kier alpha value is -5.28. The molecule has 3 amide bonds. The highest BCUT2D eigenvalue weighted by molar-refractivity contribution is 5.85. The number of amides is 3. The fraction of sp³-hybridized carbons (Fsp3) is 0.412. The van der Waals surface area contributed by atoms with Gasteiger partial charge in [-0.3, -0.25) is 9.59 Å². The molecule has 2 aliphatic heterocycles. The number of halogens is 3. The minimum Gasteiger partial charge on any atom is -0.453 e. The summed E-state index contributed by atoms with van der Waals surface area (Å²) in [5.41, 5.74) is 0.934. The van der Waals surface area contributed by atoms with Crippen LogP contribution < -0.4 is 5.32 Å². The second-order valence-electron chi connectivity index (χ2n) is 12.5. The lowest BCUT2D eigenvalue weighted by molar-refractivity contribution is -0.140. The molecule has 2 saturated heterocycles. The molecule has 2 aliphatic rings. The molecule has 263 valence electrons. The number of alkyl halides is 3. The summed E-state index contributed by atoms with van der Waals surface area (Å²) >= 11 is 0. The van der Waals surface area contributed by atoms with Crippen molar-refractivity contribution in [1.29, 1.82) is 0 Å². The number of alkyl carbamates (subject to hydrolysis) is 1. The van der Waals surface area contributed by atoms with Crippen molar-refractivity contribution in [3.05, 3.63) is 67.1 Å². The van der Waals surface area contributed by atoms with E-state index < -0.39 is 36.0 Å². The molecule has 5 heterocycles. The van der Waals surface area contributed by atoms with Crippen molar-refractivity contribution in [2.45, 2.75) is 63.8 Å². The van der Waals surface area contributed by atoms with Gasteiger partial charge in [-0.05, 0) is 39.5 Å². The zero-order valence-corrected chi connectivity index (χ0v) is 27.8. The molecule has 4 atom stereocenters. The predicted molar refractivity (Wildman–Crippen MR) is 175 cm³/mol. The molecule has 0 spiro atoms. The quantitative estimate of drug-likeness (QED) is 0.219. The number of imidazole rings is 2. The van der Waals surface area contributed by atoms with E-state index in [1.165, 1.54) is 7.11 Å². The van der Waals surface area contributed by atoms with Gasteiger partial charge < -0.3 is 29.8 Å². The normalized spacial score (nSPS) is 18.5. The lowest BCUT2D eigenvalue weighted by Crippen LogP contribution is -2.46. The van der Waals surface area contributed by atoms with Gasteiger partial charge in [-0.25, -0.2) is 24.7 Å². The average Bonchev–Trinajstić information content (AvgIpc) is 3.93. The summed E-state index contributed by atoms with van der Waals surface area (Å²) in [5, 5.41) is 2.50. The first-order valence-electron chi connectivity index (χ1n) is 16.3.